The van der Waals surface area contributed by atoms with Crippen molar-refractivity contribution in [3.05, 3.63) is 64.8 Å². The number of thiazole rings is 1. The van der Waals surface area contributed by atoms with Gasteiger partial charge < -0.3 is 5.73 Å². The van der Waals surface area contributed by atoms with Crippen molar-refractivity contribution < 1.29 is 14.0 Å². The smallest absolute Gasteiger partial charge is 0.231 e. The number of aromatic nitrogens is 3. The van der Waals surface area contributed by atoms with Gasteiger partial charge in [-0.2, -0.15) is 0 Å². The second kappa shape index (κ2) is 7.95. The number of nitrogens with zero attached hydrogens (tertiary/aromatic N) is 5. The Kier molecular flexibility index (Phi) is 5.32. The van der Waals surface area contributed by atoms with E-state index in [9.17, 15) is 14.0 Å². The molecule has 3 heterocycles. The third kappa shape index (κ3) is 4.06. The van der Waals surface area contributed by atoms with Crippen LogP contribution in [-0.4, -0.2) is 44.5 Å². The zero-order valence-corrected chi connectivity index (χ0v) is 17.7. The molecule has 10 heteroatoms. The van der Waals surface area contributed by atoms with Crippen LogP contribution in [0.5, 0.6) is 0 Å². The van der Waals surface area contributed by atoms with E-state index in [0.29, 0.717) is 11.3 Å². The van der Waals surface area contributed by atoms with Crippen molar-refractivity contribution in [1.29, 1.82) is 0 Å². The molecule has 158 valence electrons. The first-order valence-electron chi connectivity index (χ1n) is 9.43. The lowest BCUT2D eigenvalue weighted by Crippen LogP contribution is -2.47. The van der Waals surface area contributed by atoms with E-state index in [-0.39, 0.29) is 41.7 Å². The van der Waals surface area contributed by atoms with Crippen LogP contribution in [0.3, 0.4) is 0 Å². The minimum atomic E-state index is -1.15. The summed E-state index contributed by atoms with van der Waals surface area (Å²) in [4.78, 5) is 43.1. The second-order valence-electron chi connectivity index (χ2n) is 7.41. The average Bonchev–Trinajstić information content (AvgIpc) is 3.28. The highest BCUT2D eigenvalue weighted by atomic mass is 32.1. The molecular weight excluding hydrogens is 419 g/mol. The molecule has 1 aromatic carbocycles. The number of ketones is 1. The first kappa shape index (κ1) is 20.7. The normalized spacial score (nSPS) is 18.7. The van der Waals surface area contributed by atoms with E-state index in [2.05, 4.69) is 19.9 Å². The lowest BCUT2D eigenvalue weighted by atomic mass is 9.85. The van der Waals surface area contributed by atoms with E-state index >= 15 is 0 Å². The number of carbonyl (C=O) groups is 2. The van der Waals surface area contributed by atoms with Crippen LogP contribution >= 0.6 is 11.3 Å². The van der Waals surface area contributed by atoms with Crippen LogP contribution in [0.15, 0.2) is 47.2 Å². The maximum absolute atomic E-state index is 14.6. The Labute approximate surface area is 181 Å². The predicted molar refractivity (Wildman–Crippen MR) is 114 cm³/mol. The highest BCUT2D eigenvalue weighted by Gasteiger charge is 2.38. The molecule has 0 saturated heterocycles. The number of nitrogens with two attached hydrogens (primary N) is 1. The number of benzene rings is 1. The van der Waals surface area contributed by atoms with Gasteiger partial charge in [-0.15, -0.1) is 11.3 Å². The standard InChI is InChI=1S/C21H19FN6O2S/c1-21(9-18(30)28(2)20(23)27-21)13-7-12(3-4-14(13)22)8-17(29)15-10-26-16(11-25-15)19-24-5-6-31-19/h3-7,10-11H,8-9H2,1-2H3,(H2,23,27). The van der Waals surface area contributed by atoms with Gasteiger partial charge in [-0.25, -0.2) is 24.3 Å². The van der Waals surface area contributed by atoms with Gasteiger partial charge in [-0.1, -0.05) is 6.07 Å². The summed E-state index contributed by atoms with van der Waals surface area (Å²) in [5, 5.41) is 2.55. The number of guanidine groups is 1. The maximum Gasteiger partial charge on any atom is 0.231 e. The highest BCUT2D eigenvalue weighted by molar-refractivity contribution is 7.13. The number of aliphatic imine (C=N–C) groups is 1. The number of hydrogen-bond acceptors (Lipinski definition) is 8. The van der Waals surface area contributed by atoms with Crippen molar-refractivity contribution in [1.82, 2.24) is 19.9 Å². The first-order chi connectivity index (χ1) is 14.8. The third-order valence-corrected chi connectivity index (χ3v) is 5.93. The number of Topliss-reactive ketones (excluding diaryl/α,β-unsaturated/α-hetero) is 1. The summed E-state index contributed by atoms with van der Waals surface area (Å²) in [6.07, 6.45) is 4.56. The summed E-state index contributed by atoms with van der Waals surface area (Å²) in [6, 6.07) is 4.36. The fourth-order valence-electron chi connectivity index (χ4n) is 3.37. The quantitative estimate of drug-likeness (QED) is 0.613. The molecule has 0 saturated carbocycles. The van der Waals surface area contributed by atoms with Crippen molar-refractivity contribution in [3.8, 4) is 10.7 Å². The molecule has 0 fully saturated rings. The molecule has 2 aromatic heterocycles. The molecule has 0 radical (unpaired) electrons. The van der Waals surface area contributed by atoms with E-state index in [1.807, 2.05) is 5.38 Å². The molecule has 1 aliphatic heterocycles. The van der Waals surface area contributed by atoms with Crippen LogP contribution in [0.25, 0.3) is 10.7 Å². The van der Waals surface area contributed by atoms with E-state index in [1.165, 1.54) is 47.8 Å². The summed E-state index contributed by atoms with van der Waals surface area (Å²) in [7, 11) is 1.52. The van der Waals surface area contributed by atoms with E-state index in [1.54, 1.807) is 19.2 Å². The molecule has 0 spiro atoms. The van der Waals surface area contributed by atoms with Gasteiger partial charge in [0.2, 0.25) is 5.91 Å². The van der Waals surface area contributed by atoms with Gasteiger partial charge >= 0.3 is 0 Å². The van der Waals surface area contributed by atoms with Crippen LogP contribution in [0.2, 0.25) is 0 Å². The molecule has 3 aromatic rings. The van der Waals surface area contributed by atoms with Gasteiger partial charge in [0.15, 0.2) is 11.7 Å². The zero-order valence-electron chi connectivity index (χ0n) is 16.9. The lowest BCUT2D eigenvalue weighted by molar-refractivity contribution is -0.128. The van der Waals surface area contributed by atoms with Crippen LogP contribution in [0.1, 0.15) is 35.0 Å². The fourth-order valence-corrected chi connectivity index (χ4v) is 3.97. The maximum atomic E-state index is 14.6. The topological polar surface area (TPSA) is 114 Å². The van der Waals surface area contributed by atoms with Gasteiger partial charge in [0.1, 0.15) is 22.2 Å². The SMILES string of the molecule is CN1C(=O)CC(C)(c2cc(CC(=O)c3cnc(-c4nccs4)cn3)ccc2F)N=C1N. The summed E-state index contributed by atoms with van der Waals surface area (Å²) >= 11 is 1.43. The van der Waals surface area contributed by atoms with Crippen LogP contribution in [-0.2, 0) is 16.8 Å². The predicted octanol–water partition coefficient (Wildman–Crippen LogP) is 2.56. The monoisotopic (exact) mass is 438 g/mol. The Hall–Kier alpha value is -3.53. The van der Waals surface area contributed by atoms with Gasteiger partial charge in [-0.3, -0.25) is 14.5 Å². The minimum Gasteiger partial charge on any atom is -0.369 e. The Morgan fingerprint density at radius 2 is 2.10 bits per heavy atom. The third-order valence-electron chi connectivity index (χ3n) is 5.14. The van der Waals surface area contributed by atoms with E-state index < -0.39 is 11.4 Å². The van der Waals surface area contributed by atoms with E-state index in [0.717, 1.165) is 5.01 Å². The Morgan fingerprint density at radius 1 is 1.29 bits per heavy atom. The average molecular weight is 438 g/mol. The molecule has 1 unspecified atom stereocenters. The van der Waals surface area contributed by atoms with Crippen molar-refractivity contribution in [2.24, 2.45) is 10.7 Å². The van der Waals surface area contributed by atoms with Crippen molar-refractivity contribution in [3.63, 3.8) is 0 Å². The summed E-state index contributed by atoms with van der Waals surface area (Å²) in [6.45, 7) is 1.65. The van der Waals surface area contributed by atoms with Crippen LogP contribution in [0.4, 0.5) is 4.39 Å². The molecule has 1 aliphatic rings. The molecule has 2 N–H and O–H groups in total. The van der Waals surface area contributed by atoms with Gasteiger partial charge in [0, 0.05) is 30.6 Å². The van der Waals surface area contributed by atoms with Gasteiger partial charge in [-0.05, 0) is 24.6 Å². The van der Waals surface area contributed by atoms with Crippen LogP contribution < -0.4 is 5.73 Å². The molecule has 4 rings (SSSR count). The molecule has 1 atom stereocenters. The minimum absolute atomic E-state index is 0.00167. The fraction of sp³-hybridized carbons (Fsp3) is 0.238. The first-order valence-corrected chi connectivity index (χ1v) is 10.3. The number of amides is 1. The summed E-state index contributed by atoms with van der Waals surface area (Å²) < 4.78 is 14.6. The van der Waals surface area contributed by atoms with Crippen molar-refractivity contribution in [2.45, 2.75) is 25.3 Å². The molecule has 0 bridgehead atoms. The number of rotatable bonds is 5. The Bertz CT molecular complexity index is 1180. The van der Waals surface area contributed by atoms with Crippen molar-refractivity contribution >= 4 is 29.0 Å². The summed E-state index contributed by atoms with van der Waals surface area (Å²) in [5.41, 5.74) is 6.27. The van der Waals surface area contributed by atoms with Gasteiger partial charge in [0.25, 0.3) is 0 Å². The Balaban J connectivity index is 1.57. The van der Waals surface area contributed by atoms with Gasteiger partial charge in [0.05, 0.1) is 24.4 Å². The molecular formula is C21H19FN6O2S. The number of carbonyl (C=O) groups excluding carboxylic acids is 2. The largest absolute Gasteiger partial charge is 0.369 e. The summed E-state index contributed by atoms with van der Waals surface area (Å²) in [5.74, 6) is -1.01. The second-order valence-corrected chi connectivity index (χ2v) is 8.31. The zero-order chi connectivity index (χ0) is 22.2. The lowest BCUT2D eigenvalue weighted by Gasteiger charge is -2.34. The molecule has 0 aliphatic carbocycles. The number of halogens is 1. The highest BCUT2D eigenvalue weighted by Crippen LogP contribution is 2.35. The van der Waals surface area contributed by atoms with Crippen molar-refractivity contribution in [2.75, 3.05) is 7.05 Å². The van der Waals surface area contributed by atoms with Crippen LogP contribution in [0, 0.1) is 5.82 Å². The van der Waals surface area contributed by atoms with E-state index in [4.69, 9.17) is 5.73 Å². The molecule has 31 heavy (non-hydrogen) atoms. The molecule has 8 nitrogen and oxygen atoms in total. The number of hydrogen-bond donors (Lipinski definition) is 1. The Morgan fingerprint density at radius 3 is 2.74 bits per heavy atom. The molecule has 1 amide bonds.